The smallest absolute Gasteiger partial charge is 0.363 e. The Hall–Kier alpha value is -0.940. The molecule has 0 N–H and O–H groups in total. The molecule has 0 fully saturated rings. The first-order valence-electron chi connectivity index (χ1n) is 3.79. The van der Waals surface area contributed by atoms with Crippen molar-refractivity contribution in [3.8, 4) is 0 Å². The molecule has 90 valence electrons. The van der Waals surface area contributed by atoms with Crippen LogP contribution in [0.15, 0.2) is 0 Å². The second-order valence-corrected chi connectivity index (χ2v) is 4.76. The Morgan fingerprint density at radius 2 is 1.19 bits per heavy atom. The lowest BCUT2D eigenvalue weighted by Crippen LogP contribution is -2.39. The van der Waals surface area contributed by atoms with Crippen molar-refractivity contribution < 1.29 is 38.0 Å². The molecular weight excluding hydrogens is 262 g/mol. The van der Waals surface area contributed by atoms with E-state index < -0.39 is 39.3 Å². The normalized spacial score (nSPS) is 15.8. The summed E-state index contributed by atoms with van der Waals surface area (Å²) in [6.45, 7) is 0. The molecule has 0 spiro atoms. The summed E-state index contributed by atoms with van der Waals surface area (Å²) in [5.74, 6) is -2.66. The fourth-order valence-electron chi connectivity index (χ4n) is 0.902. The van der Waals surface area contributed by atoms with Gasteiger partial charge in [0.25, 0.3) is 0 Å². The van der Waals surface area contributed by atoms with Gasteiger partial charge in [0.15, 0.2) is 0 Å². The van der Waals surface area contributed by atoms with E-state index in [1.54, 1.807) is 0 Å². The average Bonchev–Trinajstić information content (AvgIpc) is 2.22. The zero-order valence-electron chi connectivity index (χ0n) is 8.32. The van der Waals surface area contributed by atoms with Crippen molar-refractivity contribution in [2.24, 2.45) is 0 Å². The van der Waals surface area contributed by atoms with Crippen LogP contribution in [-0.2, 0) is 28.2 Å². The first kappa shape index (κ1) is 15.1. The lowest BCUT2D eigenvalue weighted by molar-refractivity contribution is -0.178. The van der Waals surface area contributed by atoms with Gasteiger partial charge in [0, 0.05) is 0 Å². The van der Waals surface area contributed by atoms with Crippen LogP contribution in [0.2, 0.25) is 0 Å². The van der Waals surface area contributed by atoms with Crippen LogP contribution >= 0.6 is 16.1 Å². The summed E-state index contributed by atoms with van der Waals surface area (Å²) in [4.78, 5) is 43.5. The molecule has 0 aromatic rings. The highest BCUT2D eigenvalue weighted by Crippen LogP contribution is 2.34. The lowest BCUT2D eigenvalue weighted by atomic mass is 10.3. The molecule has 10 heteroatoms. The summed E-state index contributed by atoms with van der Waals surface area (Å²) in [6, 6.07) is 0. The molecule has 0 aromatic carbocycles. The maximum Gasteiger partial charge on any atom is 0.363 e. The van der Waals surface area contributed by atoms with Gasteiger partial charge in [0.1, 0.15) is 0 Å². The van der Waals surface area contributed by atoms with Crippen LogP contribution in [0.25, 0.3) is 0 Å². The van der Waals surface area contributed by atoms with Crippen molar-refractivity contribution in [2.45, 2.75) is 11.3 Å². The number of hydrogen-bond acceptors (Lipinski definition) is 8. The molecule has 0 amide bonds. The third-order valence-corrected chi connectivity index (χ3v) is 3.80. The van der Waals surface area contributed by atoms with E-state index in [-0.39, 0.29) is 0 Å². The van der Waals surface area contributed by atoms with Gasteiger partial charge in [-0.3, -0.25) is 0 Å². The molecule has 0 aliphatic heterocycles. The number of esters is 2. The molecule has 0 heterocycles. The van der Waals surface area contributed by atoms with Gasteiger partial charge in [-0.15, -0.1) is 0 Å². The Balaban J connectivity index is 5.27. The Morgan fingerprint density at radius 1 is 0.938 bits per heavy atom. The Morgan fingerprint density at radius 3 is 1.31 bits per heavy atom. The monoisotopic (exact) mass is 270 g/mol. The van der Waals surface area contributed by atoms with E-state index in [0.717, 1.165) is 14.2 Å². The fourth-order valence-corrected chi connectivity index (χ4v) is 2.81. The summed E-state index contributed by atoms with van der Waals surface area (Å²) < 4.78 is 29.7. The van der Waals surface area contributed by atoms with Crippen LogP contribution in [0.3, 0.4) is 0 Å². The second kappa shape index (κ2) is 6.60. The Kier molecular flexibility index (Phi) is 6.21. The SMILES string of the molecule is COC(=O)C(C(C(=O)OC)[P+](=O)[O-])[P+](=O)[O-]. The second-order valence-electron chi connectivity index (χ2n) is 2.51. The molecule has 0 rings (SSSR count). The maximum absolute atomic E-state index is 11.0. The quantitative estimate of drug-likeness (QED) is 0.425. The zero-order chi connectivity index (χ0) is 12.9. The van der Waals surface area contributed by atoms with E-state index in [1.807, 2.05) is 0 Å². The fraction of sp³-hybridized carbons (Fsp3) is 0.667. The largest absolute Gasteiger partial charge is 0.595 e. The molecule has 0 bridgehead atoms. The maximum atomic E-state index is 11.0. The van der Waals surface area contributed by atoms with E-state index in [1.165, 1.54) is 0 Å². The van der Waals surface area contributed by atoms with Crippen molar-refractivity contribution in [1.29, 1.82) is 0 Å². The summed E-state index contributed by atoms with van der Waals surface area (Å²) in [7, 11) is -5.21. The van der Waals surface area contributed by atoms with E-state index in [0.29, 0.717) is 0 Å². The van der Waals surface area contributed by atoms with Gasteiger partial charge in [-0.1, -0.05) is 9.13 Å². The predicted molar refractivity (Wildman–Crippen MR) is 46.8 cm³/mol. The minimum atomic E-state index is -3.48. The minimum Gasteiger partial charge on any atom is -0.595 e. The van der Waals surface area contributed by atoms with Gasteiger partial charge < -0.3 is 19.3 Å². The van der Waals surface area contributed by atoms with E-state index >= 15 is 0 Å². The van der Waals surface area contributed by atoms with Gasteiger partial charge in [0.05, 0.1) is 14.2 Å². The zero-order valence-corrected chi connectivity index (χ0v) is 10.1. The van der Waals surface area contributed by atoms with E-state index in [2.05, 4.69) is 9.47 Å². The van der Waals surface area contributed by atoms with Gasteiger partial charge >= 0.3 is 39.3 Å². The van der Waals surface area contributed by atoms with Gasteiger partial charge in [-0.25, -0.2) is 9.59 Å². The topological polar surface area (TPSA) is 133 Å². The molecule has 4 atom stereocenters. The molecule has 0 saturated carbocycles. The minimum absolute atomic E-state index is 0.875. The summed E-state index contributed by atoms with van der Waals surface area (Å²) in [6.07, 6.45) is 0. The molecule has 0 aliphatic rings. The van der Waals surface area contributed by atoms with Crippen molar-refractivity contribution in [2.75, 3.05) is 14.2 Å². The van der Waals surface area contributed by atoms with Crippen LogP contribution in [0.5, 0.6) is 0 Å². The number of methoxy groups -OCH3 is 2. The average molecular weight is 270 g/mol. The molecule has 8 nitrogen and oxygen atoms in total. The van der Waals surface area contributed by atoms with Crippen LogP contribution in [0.1, 0.15) is 0 Å². The molecule has 0 aromatic heterocycles. The number of rotatable bonds is 5. The predicted octanol–water partition coefficient (Wildman–Crippen LogP) is -1.72. The Labute approximate surface area is 92.3 Å². The molecular formula is C6H8O8P2. The van der Waals surface area contributed by atoms with Crippen molar-refractivity contribution in [3.63, 3.8) is 0 Å². The van der Waals surface area contributed by atoms with Gasteiger partial charge in [-0.2, -0.15) is 0 Å². The van der Waals surface area contributed by atoms with Crippen molar-refractivity contribution in [1.82, 2.24) is 0 Å². The third-order valence-electron chi connectivity index (χ3n) is 1.64. The van der Waals surface area contributed by atoms with E-state index in [9.17, 15) is 28.5 Å². The number of carbonyl (C=O) groups is 2. The first-order chi connectivity index (χ1) is 7.36. The highest BCUT2D eigenvalue weighted by Gasteiger charge is 2.53. The van der Waals surface area contributed by atoms with Gasteiger partial charge in [0.2, 0.25) is 0 Å². The van der Waals surface area contributed by atoms with Crippen LogP contribution in [-0.4, -0.2) is 37.5 Å². The van der Waals surface area contributed by atoms with Crippen LogP contribution < -0.4 is 9.79 Å². The summed E-state index contributed by atoms with van der Waals surface area (Å²) in [5, 5.41) is 0. The number of hydrogen-bond donors (Lipinski definition) is 0. The highest BCUT2D eigenvalue weighted by molar-refractivity contribution is 7.44. The Bertz CT molecular complexity index is 294. The number of ether oxygens (including phenoxy) is 2. The lowest BCUT2D eigenvalue weighted by Gasteiger charge is -2.10. The highest BCUT2D eigenvalue weighted by atomic mass is 31.1. The van der Waals surface area contributed by atoms with Gasteiger partial charge in [-0.05, 0) is 0 Å². The third kappa shape index (κ3) is 3.57. The molecule has 4 unspecified atom stereocenters. The van der Waals surface area contributed by atoms with Crippen LogP contribution in [0, 0.1) is 0 Å². The first-order valence-corrected chi connectivity index (χ1v) is 6.28. The van der Waals surface area contributed by atoms with E-state index in [4.69, 9.17) is 0 Å². The molecule has 0 radical (unpaired) electrons. The van der Waals surface area contributed by atoms with Crippen molar-refractivity contribution >= 4 is 28.0 Å². The standard InChI is InChI=1S/C6H8O8P2/c1-13-5(7)3(15(9)10)4(16(11)12)6(8)14-2/h3-4H,1-2H3. The molecule has 0 aliphatic carbocycles. The molecule has 16 heavy (non-hydrogen) atoms. The van der Waals surface area contributed by atoms with Crippen LogP contribution in [0.4, 0.5) is 0 Å². The molecule has 0 saturated heterocycles. The number of carbonyl (C=O) groups excluding carboxylic acids is 2. The van der Waals surface area contributed by atoms with Crippen molar-refractivity contribution in [3.05, 3.63) is 0 Å². The summed E-state index contributed by atoms with van der Waals surface area (Å²) >= 11 is 0. The summed E-state index contributed by atoms with van der Waals surface area (Å²) in [5.41, 5.74) is -4.18.